The van der Waals surface area contributed by atoms with Crippen LogP contribution >= 0.6 is 15.9 Å². The fourth-order valence-electron chi connectivity index (χ4n) is 2.28. The van der Waals surface area contributed by atoms with Crippen molar-refractivity contribution in [2.24, 2.45) is 0 Å². The third kappa shape index (κ3) is 5.01. The topological polar surface area (TPSA) is 49.4 Å². The van der Waals surface area contributed by atoms with Crippen LogP contribution in [-0.4, -0.2) is 29.7 Å². The number of hydrogen-bond acceptors (Lipinski definition) is 3. The van der Waals surface area contributed by atoms with Crippen LogP contribution in [0.3, 0.4) is 0 Å². The van der Waals surface area contributed by atoms with Crippen molar-refractivity contribution in [3.05, 3.63) is 64.1 Å². The number of rotatable bonds is 6. The first-order valence-corrected chi connectivity index (χ1v) is 8.52. The van der Waals surface area contributed by atoms with Crippen LogP contribution in [-0.2, 0) is 11.3 Å². The molecule has 0 fully saturated rings. The minimum atomic E-state index is -0.297. The molecule has 2 rings (SSSR count). The fourth-order valence-corrected chi connectivity index (χ4v) is 2.54. The van der Waals surface area contributed by atoms with E-state index in [-0.39, 0.29) is 17.7 Å². The maximum atomic E-state index is 12.4. The largest absolute Gasteiger partial charge is 0.325 e. The lowest BCUT2D eigenvalue weighted by Gasteiger charge is -2.24. The van der Waals surface area contributed by atoms with Crippen molar-refractivity contribution in [3.8, 4) is 0 Å². The highest BCUT2D eigenvalue weighted by atomic mass is 79.9. The van der Waals surface area contributed by atoms with Gasteiger partial charge in [0.1, 0.15) is 0 Å². The van der Waals surface area contributed by atoms with Gasteiger partial charge in [-0.05, 0) is 50.7 Å². The van der Waals surface area contributed by atoms with Crippen LogP contribution in [0.4, 0.5) is 5.69 Å². The summed E-state index contributed by atoms with van der Waals surface area (Å²) >= 11 is 3.42. The van der Waals surface area contributed by atoms with Gasteiger partial charge in [-0.1, -0.05) is 40.2 Å². The molecule has 0 aliphatic rings. The summed E-state index contributed by atoms with van der Waals surface area (Å²) in [5.74, 6) is -0.123. The number of Topliss-reactive ketones (excluding diaryl/α,β-unsaturated/α-hetero) is 1. The van der Waals surface area contributed by atoms with E-state index in [0.717, 1.165) is 10.0 Å². The number of nitrogens with one attached hydrogen (secondary N) is 1. The maximum absolute atomic E-state index is 12.4. The number of ketones is 1. The number of likely N-dealkylation sites (N-methyl/N-ethyl adjacent to an activating group) is 1. The number of anilines is 1. The molecular weight excluding hydrogens is 368 g/mol. The van der Waals surface area contributed by atoms with Gasteiger partial charge in [-0.15, -0.1) is 0 Å². The third-order valence-corrected chi connectivity index (χ3v) is 4.45. The summed E-state index contributed by atoms with van der Waals surface area (Å²) in [4.78, 5) is 25.8. The Bertz CT molecular complexity index is 728. The molecule has 5 heteroatoms. The molecule has 0 aliphatic carbocycles. The lowest BCUT2D eigenvalue weighted by atomic mass is 10.1. The van der Waals surface area contributed by atoms with Crippen molar-refractivity contribution in [1.29, 1.82) is 0 Å². The van der Waals surface area contributed by atoms with Gasteiger partial charge >= 0.3 is 0 Å². The van der Waals surface area contributed by atoms with E-state index in [2.05, 4.69) is 21.2 Å². The molecule has 4 nitrogen and oxygen atoms in total. The zero-order chi connectivity index (χ0) is 17.7. The highest BCUT2D eigenvalue weighted by Crippen LogP contribution is 2.15. The Morgan fingerprint density at radius 1 is 1.17 bits per heavy atom. The summed E-state index contributed by atoms with van der Waals surface area (Å²) in [5.41, 5.74) is 2.36. The molecule has 24 heavy (non-hydrogen) atoms. The Kier molecular flexibility index (Phi) is 6.29. The average Bonchev–Trinajstić information content (AvgIpc) is 2.56. The van der Waals surface area contributed by atoms with Crippen molar-refractivity contribution >= 4 is 33.3 Å². The maximum Gasteiger partial charge on any atom is 0.241 e. The molecule has 0 bridgehead atoms. The van der Waals surface area contributed by atoms with Crippen molar-refractivity contribution < 1.29 is 9.59 Å². The quantitative estimate of drug-likeness (QED) is 0.757. The highest BCUT2D eigenvalue weighted by molar-refractivity contribution is 9.10. The number of carbonyl (C=O) groups excluding carboxylic acids is 2. The number of carbonyl (C=O) groups is 2. The fraction of sp³-hybridized carbons (Fsp3) is 0.263. The smallest absolute Gasteiger partial charge is 0.241 e. The van der Waals surface area contributed by atoms with E-state index in [0.29, 0.717) is 17.8 Å². The van der Waals surface area contributed by atoms with E-state index in [1.54, 1.807) is 24.3 Å². The van der Waals surface area contributed by atoms with E-state index >= 15 is 0 Å². The van der Waals surface area contributed by atoms with Crippen LogP contribution in [0.15, 0.2) is 53.0 Å². The Labute approximate surface area is 151 Å². The third-order valence-electron chi connectivity index (χ3n) is 3.92. The first kappa shape index (κ1) is 18.4. The van der Waals surface area contributed by atoms with Crippen LogP contribution in [0.1, 0.15) is 29.8 Å². The van der Waals surface area contributed by atoms with Gasteiger partial charge in [0.2, 0.25) is 5.91 Å². The van der Waals surface area contributed by atoms with E-state index in [4.69, 9.17) is 0 Å². The molecule has 1 atom stereocenters. The summed E-state index contributed by atoms with van der Waals surface area (Å²) in [5, 5.41) is 2.87. The molecule has 0 spiro atoms. The SMILES string of the molecule is CC(=O)c1cccc(NC(=O)[C@H](C)N(C)Cc2ccc(Br)cc2)c1. The summed E-state index contributed by atoms with van der Waals surface area (Å²) in [6, 6.07) is 14.7. The van der Waals surface area contributed by atoms with E-state index in [1.807, 2.05) is 43.1 Å². The summed E-state index contributed by atoms with van der Waals surface area (Å²) in [6.45, 7) is 4.05. The molecule has 0 saturated heterocycles. The van der Waals surface area contributed by atoms with Gasteiger partial charge in [0.05, 0.1) is 6.04 Å². The average molecular weight is 389 g/mol. The normalized spacial score (nSPS) is 12.0. The number of halogens is 1. The molecule has 126 valence electrons. The lowest BCUT2D eigenvalue weighted by molar-refractivity contribution is -0.120. The van der Waals surface area contributed by atoms with Gasteiger partial charge in [-0.2, -0.15) is 0 Å². The summed E-state index contributed by atoms with van der Waals surface area (Å²) in [6.07, 6.45) is 0. The minimum absolute atomic E-state index is 0.0218. The molecule has 0 aliphatic heterocycles. The Morgan fingerprint density at radius 2 is 1.83 bits per heavy atom. The Hall–Kier alpha value is -1.98. The molecule has 2 aromatic carbocycles. The zero-order valence-electron chi connectivity index (χ0n) is 14.0. The second kappa shape index (κ2) is 8.22. The molecule has 1 amide bonds. The predicted octanol–water partition coefficient (Wildman–Crippen LogP) is 4.11. The molecule has 0 aromatic heterocycles. The molecule has 0 radical (unpaired) electrons. The number of hydrogen-bond donors (Lipinski definition) is 1. The Morgan fingerprint density at radius 3 is 2.46 bits per heavy atom. The predicted molar refractivity (Wildman–Crippen MR) is 100 cm³/mol. The van der Waals surface area contributed by atoms with E-state index in [9.17, 15) is 9.59 Å². The van der Waals surface area contributed by atoms with Crippen LogP contribution in [0.2, 0.25) is 0 Å². The van der Waals surface area contributed by atoms with Crippen molar-refractivity contribution in [3.63, 3.8) is 0 Å². The molecular formula is C19H21BrN2O2. The second-order valence-corrected chi connectivity index (χ2v) is 6.76. The van der Waals surface area contributed by atoms with Gasteiger partial charge in [-0.25, -0.2) is 0 Å². The molecule has 2 aromatic rings. The minimum Gasteiger partial charge on any atom is -0.325 e. The molecule has 0 unspecified atom stereocenters. The number of nitrogens with zero attached hydrogens (tertiary/aromatic N) is 1. The monoisotopic (exact) mass is 388 g/mol. The van der Waals surface area contributed by atoms with Crippen LogP contribution in [0, 0.1) is 0 Å². The van der Waals surface area contributed by atoms with Gasteiger partial charge in [0.25, 0.3) is 0 Å². The van der Waals surface area contributed by atoms with Crippen LogP contribution in [0.5, 0.6) is 0 Å². The van der Waals surface area contributed by atoms with Crippen molar-refractivity contribution in [2.45, 2.75) is 26.4 Å². The van der Waals surface area contributed by atoms with E-state index in [1.165, 1.54) is 6.92 Å². The second-order valence-electron chi connectivity index (χ2n) is 5.84. The lowest BCUT2D eigenvalue weighted by Crippen LogP contribution is -2.39. The van der Waals surface area contributed by atoms with Gasteiger partial charge in [0.15, 0.2) is 5.78 Å². The summed E-state index contributed by atoms with van der Waals surface area (Å²) in [7, 11) is 1.91. The van der Waals surface area contributed by atoms with Gasteiger partial charge in [0, 0.05) is 22.3 Å². The number of amides is 1. The standard InChI is InChI=1S/C19H21BrN2O2/c1-13(22(3)12-15-7-9-17(20)10-8-15)19(24)21-18-6-4-5-16(11-18)14(2)23/h4-11,13H,12H2,1-3H3,(H,21,24)/t13-/m0/s1. The van der Waals surface area contributed by atoms with Crippen molar-refractivity contribution in [2.75, 3.05) is 12.4 Å². The molecule has 1 N–H and O–H groups in total. The van der Waals surface area contributed by atoms with Crippen molar-refractivity contribution in [1.82, 2.24) is 4.90 Å². The highest BCUT2D eigenvalue weighted by Gasteiger charge is 2.18. The van der Waals surface area contributed by atoms with Gasteiger partial charge < -0.3 is 5.32 Å². The molecule has 0 heterocycles. The summed E-state index contributed by atoms with van der Waals surface area (Å²) < 4.78 is 1.03. The number of benzene rings is 2. The zero-order valence-corrected chi connectivity index (χ0v) is 15.6. The first-order chi connectivity index (χ1) is 11.4. The van der Waals surface area contributed by atoms with Gasteiger partial charge in [-0.3, -0.25) is 14.5 Å². The van der Waals surface area contributed by atoms with Crippen LogP contribution in [0.25, 0.3) is 0 Å². The first-order valence-electron chi connectivity index (χ1n) is 7.73. The molecule has 0 saturated carbocycles. The van der Waals surface area contributed by atoms with Crippen LogP contribution < -0.4 is 5.32 Å². The van der Waals surface area contributed by atoms with E-state index < -0.39 is 0 Å². The Balaban J connectivity index is 1.99.